The fraction of sp³-hybridized carbons (Fsp3) is 0.235. The third-order valence-electron chi connectivity index (χ3n) is 4.07. The Balaban J connectivity index is 1.56. The van der Waals surface area contributed by atoms with Crippen molar-refractivity contribution in [3.63, 3.8) is 0 Å². The maximum atomic E-state index is 4.55. The molecule has 3 aromatic rings. The van der Waals surface area contributed by atoms with E-state index in [-0.39, 0.29) is 0 Å². The van der Waals surface area contributed by atoms with Gasteiger partial charge in [-0.2, -0.15) is 0 Å². The molecule has 22 heavy (non-hydrogen) atoms. The highest BCUT2D eigenvalue weighted by atomic mass is 15.3. The number of hydrogen-bond donors (Lipinski definition) is 0. The molecule has 2 aromatic heterocycles. The van der Waals surface area contributed by atoms with Gasteiger partial charge in [0.2, 0.25) is 5.95 Å². The van der Waals surface area contributed by atoms with E-state index in [1.807, 2.05) is 18.3 Å². The summed E-state index contributed by atoms with van der Waals surface area (Å²) in [6, 6.07) is 12.3. The lowest BCUT2D eigenvalue weighted by molar-refractivity contribution is 0.641. The van der Waals surface area contributed by atoms with Gasteiger partial charge in [-0.15, -0.1) is 0 Å². The fourth-order valence-corrected chi connectivity index (χ4v) is 2.95. The molecule has 1 aliphatic rings. The zero-order valence-electron chi connectivity index (χ0n) is 12.3. The monoisotopic (exact) mass is 291 g/mol. The second-order valence-corrected chi connectivity index (χ2v) is 5.38. The number of nitrogens with zero attached hydrogens (tertiary/aromatic N) is 5. The summed E-state index contributed by atoms with van der Waals surface area (Å²) in [6.07, 6.45) is 5.45. The van der Waals surface area contributed by atoms with Crippen LogP contribution in [0.2, 0.25) is 0 Å². The maximum Gasteiger partial charge on any atom is 0.225 e. The molecule has 0 amide bonds. The van der Waals surface area contributed by atoms with Gasteiger partial charge in [0, 0.05) is 50.2 Å². The Hall–Kier alpha value is -2.69. The molecule has 0 atom stereocenters. The number of piperazine rings is 1. The van der Waals surface area contributed by atoms with Crippen LogP contribution in [0.3, 0.4) is 0 Å². The standard InChI is InChI=1S/C17H17N5/c1-4-14-5-2-7-18-16(14)15(6-1)21-10-12-22(13-11-21)17-19-8-3-9-20-17/h1-9H,10-13H2. The van der Waals surface area contributed by atoms with Crippen LogP contribution < -0.4 is 9.80 Å². The molecule has 1 aromatic carbocycles. The molecule has 1 saturated heterocycles. The Morgan fingerprint density at radius 1 is 0.682 bits per heavy atom. The van der Waals surface area contributed by atoms with Crippen molar-refractivity contribution in [3.05, 3.63) is 55.0 Å². The summed E-state index contributed by atoms with van der Waals surface area (Å²) >= 11 is 0. The summed E-state index contributed by atoms with van der Waals surface area (Å²) in [5.41, 5.74) is 2.29. The van der Waals surface area contributed by atoms with Crippen molar-refractivity contribution in [2.75, 3.05) is 36.0 Å². The highest BCUT2D eigenvalue weighted by molar-refractivity contribution is 5.90. The van der Waals surface area contributed by atoms with Crippen LogP contribution in [-0.4, -0.2) is 41.1 Å². The first-order valence-corrected chi connectivity index (χ1v) is 7.52. The summed E-state index contributed by atoms with van der Waals surface area (Å²) < 4.78 is 0. The van der Waals surface area contributed by atoms with Crippen LogP contribution in [0.15, 0.2) is 55.0 Å². The second kappa shape index (κ2) is 5.60. The van der Waals surface area contributed by atoms with Crippen LogP contribution in [0.5, 0.6) is 0 Å². The number of aromatic nitrogens is 3. The van der Waals surface area contributed by atoms with Crippen LogP contribution in [0.4, 0.5) is 11.6 Å². The SMILES string of the molecule is c1cnc(N2CCN(c3cccc4cccnc34)CC2)nc1. The molecule has 1 fully saturated rings. The minimum Gasteiger partial charge on any atom is -0.366 e. The van der Waals surface area contributed by atoms with Crippen LogP contribution in [0, 0.1) is 0 Å². The highest BCUT2D eigenvalue weighted by Gasteiger charge is 2.20. The zero-order chi connectivity index (χ0) is 14.8. The van der Waals surface area contributed by atoms with Crippen molar-refractivity contribution in [1.29, 1.82) is 0 Å². The van der Waals surface area contributed by atoms with Crippen molar-refractivity contribution < 1.29 is 0 Å². The first-order chi connectivity index (χ1) is 10.9. The van der Waals surface area contributed by atoms with Gasteiger partial charge in [-0.05, 0) is 18.2 Å². The van der Waals surface area contributed by atoms with E-state index in [1.54, 1.807) is 12.4 Å². The van der Waals surface area contributed by atoms with E-state index >= 15 is 0 Å². The summed E-state index contributed by atoms with van der Waals surface area (Å²) in [6.45, 7) is 3.75. The van der Waals surface area contributed by atoms with Crippen molar-refractivity contribution in [2.24, 2.45) is 0 Å². The molecule has 0 bridgehead atoms. The lowest BCUT2D eigenvalue weighted by atomic mass is 10.1. The number of anilines is 2. The number of rotatable bonds is 2. The first kappa shape index (κ1) is 13.0. The van der Waals surface area contributed by atoms with Crippen LogP contribution in [0.1, 0.15) is 0 Å². The number of hydrogen-bond acceptors (Lipinski definition) is 5. The maximum absolute atomic E-state index is 4.55. The first-order valence-electron chi connectivity index (χ1n) is 7.52. The van der Waals surface area contributed by atoms with Gasteiger partial charge in [0.15, 0.2) is 0 Å². The molecular formula is C17H17N5. The summed E-state index contributed by atoms with van der Waals surface area (Å²) in [5, 5.41) is 1.19. The average molecular weight is 291 g/mol. The predicted molar refractivity (Wildman–Crippen MR) is 88.2 cm³/mol. The lowest BCUT2D eigenvalue weighted by Crippen LogP contribution is -2.47. The topological polar surface area (TPSA) is 45.2 Å². The van der Waals surface area contributed by atoms with Crippen LogP contribution in [-0.2, 0) is 0 Å². The molecule has 0 radical (unpaired) electrons. The molecule has 0 aliphatic carbocycles. The third kappa shape index (κ3) is 2.35. The molecule has 0 spiro atoms. The van der Waals surface area contributed by atoms with Gasteiger partial charge in [-0.25, -0.2) is 9.97 Å². The van der Waals surface area contributed by atoms with E-state index in [2.05, 4.69) is 49.0 Å². The van der Waals surface area contributed by atoms with E-state index in [1.165, 1.54) is 11.1 Å². The largest absolute Gasteiger partial charge is 0.366 e. The summed E-state index contributed by atoms with van der Waals surface area (Å²) in [4.78, 5) is 17.9. The summed E-state index contributed by atoms with van der Waals surface area (Å²) in [7, 11) is 0. The molecule has 0 saturated carbocycles. The van der Waals surface area contributed by atoms with E-state index in [4.69, 9.17) is 0 Å². The van der Waals surface area contributed by atoms with Gasteiger partial charge >= 0.3 is 0 Å². The molecule has 3 heterocycles. The molecule has 0 N–H and O–H groups in total. The molecule has 5 heteroatoms. The Kier molecular flexibility index (Phi) is 3.31. The molecular weight excluding hydrogens is 274 g/mol. The molecule has 4 rings (SSSR count). The Bertz CT molecular complexity index is 761. The number of pyridine rings is 1. The Morgan fingerprint density at radius 2 is 1.36 bits per heavy atom. The quantitative estimate of drug-likeness (QED) is 0.725. The predicted octanol–water partition coefficient (Wildman–Crippen LogP) is 2.35. The van der Waals surface area contributed by atoms with Crippen LogP contribution in [0.25, 0.3) is 10.9 Å². The smallest absolute Gasteiger partial charge is 0.225 e. The number of fused-ring (bicyclic) bond motifs is 1. The lowest BCUT2D eigenvalue weighted by Gasteiger charge is -2.36. The normalized spacial score (nSPS) is 15.3. The van der Waals surface area contributed by atoms with E-state index in [0.29, 0.717) is 0 Å². The van der Waals surface area contributed by atoms with Crippen LogP contribution >= 0.6 is 0 Å². The van der Waals surface area contributed by atoms with Crippen molar-refractivity contribution in [1.82, 2.24) is 15.0 Å². The highest BCUT2D eigenvalue weighted by Crippen LogP contribution is 2.26. The minimum atomic E-state index is 0.818. The zero-order valence-corrected chi connectivity index (χ0v) is 12.3. The minimum absolute atomic E-state index is 0.818. The van der Waals surface area contributed by atoms with Crippen molar-refractivity contribution in [2.45, 2.75) is 0 Å². The molecule has 0 unspecified atom stereocenters. The average Bonchev–Trinajstić information content (AvgIpc) is 2.62. The fourth-order valence-electron chi connectivity index (χ4n) is 2.95. The van der Waals surface area contributed by atoms with Gasteiger partial charge in [0.05, 0.1) is 11.2 Å². The van der Waals surface area contributed by atoms with Crippen molar-refractivity contribution in [3.8, 4) is 0 Å². The van der Waals surface area contributed by atoms with E-state index in [0.717, 1.165) is 37.6 Å². The molecule has 110 valence electrons. The van der Waals surface area contributed by atoms with Gasteiger partial charge < -0.3 is 9.80 Å². The van der Waals surface area contributed by atoms with E-state index in [9.17, 15) is 0 Å². The van der Waals surface area contributed by atoms with Crippen molar-refractivity contribution >= 4 is 22.5 Å². The Morgan fingerprint density at radius 3 is 2.18 bits per heavy atom. The third-order valence-corrected chi connectivity index (χ3v) is 4.07. The number of benzene rings is 1. The Labute approximate surface area is 129 Å². The summed E-state index contributed by atoms with van der Waals surface area (Å²) in [5.74, 6) is 0.818. The van der Waals surface area contributed by atoms with Gasteiger partial charge in [0.25, 0.3) is 0 Å². The van der Waals surface area contributed by atoms with Gasteiger partial charge in [-0.1, -0.05) is 18.2 Å². The number of para-hydroxylation sites is 1. The second-order valence-electron chi connectivity index (χ2n) is 5.38. The molecule has 1 aliphatic heterocycles. The van der Waals surface area contributed by atoms with Gasteiger partial charge in [-0.3, -0.25) is 4.98 Å². The molecule has 5 nitrogen and oxygen atoms in total. The van der Waals surface area contributed by atoms with E-state index < -0.39 is 0 Å². The van der Waals surface area contributed by atoms with Gasteiger partial charge in [0.1, 0.15) is 0 Å².